The zero-order valence-corrected chi connectivity index (χ0v) is 15.0. The van der Waals surface area contributed by atoms with Crippen LogP contribution in [-0.4, -0.2) is 53.7 Å². The van der Waals surface area contributed by atoms with Gasteiger partial charge in [-0.05, 0) is 25.1 Å². The van der Waals surface area contributed by atoms with Crippen LogP contribution in [0.15, 0.2) is 41.6 Å². The first-order valence-corrected chi connectivity index (χ1v) is 9.29. The summed E-state index contributed by atoms with van der Waals surface area (Å²) in [4.78, 5) is 12.3. The lowest BCUT2D eigenvalue weighted by molar-refractivity contribution is 0.0950. The van der Waals surface area contributed by atoms with Gasteiger partial charge in [-0.15, -0.1) is 0 Å². The van der Waals surface area contributed by atoms with Crippen molar-refractivity contribution in [3.63, 3.8) is 0 Å². The molecule has 0 atom stereocenters. The third kappa shape index (κ3) is 4.65. The van der Waals surface area contributed by atoms with Crippen LogP contribution in [-0.2, 0) is 23.1 Å². The highest BCUT2D eigenvalue weighted by Crippen LogP contribution is 2.16. The van der Waals surface area contributed by atoms with Gasteiger partial charge in [-0.2, -0.15) is 9.40 Å². The summed E-state index contributed by atoms with van der Waals surface area (Å²) in [7, 11) is -2.37. The van der Waals surface area contributed by atoms with E-state index in [0.717, 1.165) is 16.4 Å². The molecular weight excluding hydrogens is 344 g/mol. The summed E-state index contributed by atoms with van der Waals surface area (Å²) in [6.07, 6.45) is 3.51. The summed E-state index contributed by atoms with van der Waals surface area (Å²) in [5.41, 5.74) is 1.11. The lowest BCUT2D eigenvalue weighted by atomic mass is 10.2. The number of carbonyl (C=O) groups is 1. The number of aryl methyl sites for hydroxylation is 1. The van der Waals surface area contributed by atoms with Gasteiger partial charge in [0.05, 0.1) is 17.7 Å². The van der Waals surface area contributed by atoms with E-state index in [-0.39, 0.29) is 29.5 Å². The number of aromatic nitrogens is 2. The molecule has 1 aromatic heterocycles. The first kappa shape index (κ1) is 19.1. The topological polar surface area (TPSA) is 105 Å². The summed E-state index contributed by atoms with van der Waals surface area (Å²) in [6, 6.07) is 5.82. The van der Waals surface area contributed by atoms with Gasteiger partial charge in [-0.1, -0.05) is 6.07 Å². The van der Waals surface area contributed by atoms with E-state index in [2.05, 4.69) is 10.4 Å². The summed E-state index contributed by atoms with van der Waals surface area (Å²) in [5, 5.41) is 15.8. The van der Waals surface area contributed by atoms with Crippen molar-refractivity contribution in [3.8, 4) is 0 Å². The number of nitrogens with zero attached hydrogens (tertiary/aromatic N) is 3. The van der Waals surface area contributed by atoms with E-state index in [1.807, 2.05) is 13.1 Å². The normalized spacial score (nSPS) is 11.7. The highest BCUT2D eigenvalue weighted by molar-refractivity contribution is 7.89. The molecular formula is C16H22N4O4S. The Balaban J connectivity index is 2.10. The van der Waals surface area contributed by atoms with Crippen molar-refractivity contribution in [1.82, 2.24) is 19.4 Å². The van der Waals surface area contributed by atoms with Crippen LogP contribution in [0.2, 0.25) is 0 Å². The summed E-state index contributed by atoms with van der Waals surface area (Å²) in [5.74, 6) is -0.369. The van der Waals surface area contributed by atoms with Crippen LogP contribution in [0.5, 0.6) is 0 Å². The zero-order valence-electron chi connectivity index (χ0n) is 14.2. The van der Waals surface area contributed by atoms with Crippen molar-refractivity contribution in [2.45, 2.75) is 24.9 Å². The van der Waals surface area contributed by atoms with E-state index in [0.29, 0.717) is 6.54 Å². The van der Waals surface area contributed by atoms with Gasteiger partial charge in [0.15, 0.2) is 0 Å². The van der Waals surface area contributed by atoms with Crippen LogP contribution in [0.3, 0.4) is 0 Å². The van der Waals surface area contributed by atoms with Crippen LogP contribution in [0.25, 0.3) is 0 Å². The maximum atomic E-state index is 12.4. The molecule has 1 heterocycles. The summed E-state index contributed by atoms with van der Waals surface area (Å²) in [6.45, 7) is 2.73. The second-order valence-electron chi connectivity index (χ2n) is 5.46. The lowest BCUT2D eigenvalue weighted by Gasteiger charge is -2.16. The minimum absolute atomic E-state index is 0.00917. The number of aliphatic hydroxyl groups is 1. The monoisotopic (exact) mass is 366 g/mol. The molecule has 0 radical (unpaired) electrons. The number of aliphatic hydroxyl groups excluding tert-OH is 1. The number of carbonyl (C=O) groups excluding carboxylic acids is 1. The Bertz CT molecular complexity index is 832. The lowest BCUT2D eigenvalue weighted by Crippen LogP contribution is -2.30. The Labute approximate surface area is 147 Å². The maximum Gasteiger partial charge on any atom is 0.251 e. The number of hydrogen-bond acceptors (Lipinski definition) is 5. The Morgan fingerprint density at radius 1 is 1.40 bits per heavy atom. The highest BCUT2D eigenvalue weighted by Gasteiger charge is 2.21. The van der Waals surface area contributed by atoms with E-state index in [9.17, 15) is 13.2 Å². The predicted molar refractivity (Wildman–Crippen MR) is 92.4 cm³/mol. The van der Waals surface area contributed by atoms with Crippen LogP contribution < -0.4 is 5.32 Å². The number of benzene rings is 1. The molecule has 136 valence electrons. The molecule has 9 heteroatoms. The van der Waals surface area contributed by atoms with Crippen molar-refractivity contribution in [3.05, 3.63) is 47.8 Å². The molecule has 0 saturated carbocycles. The van der Waals surface area contributed by atoms with Gasteiger partial charge in [-0.3, -0.25) is 9.48 Å². The molecule has 0 unspecified atom stereocenters. The van der Waals surface area contributed by atoms with E-state index >= 15 is 0 Å². The summed E-state index contributed by atoms with van der Waals surface area (Å²) < 4.78 is 27.6. The third-order valence-electron chi connectivity index (χ3n) is 3.68. The van der Waals surface area contributed by atoms with E-state index < -0.39 is 10.0 Å². The minimum atomic E-state index is -3.74. The maximum absolute atomic E-state index is 12.4. The average Bonchev–Trinajstić information content (AvgIpc) is 3.08. The highest BCUT2D eigenvalue weighted by atomic mass is 32.2. The standard InChI is InChI=1S/C16H22N4O4S/c1-3-20-12-13(11-18-20)10-17-16(22)14-5-4-6-15(9-14)25(23,24)19(2)7-8-21/h4-6,9,11-12,21H,3,7-8,10H2,1-2H3,(H,17,22). The molecule has 0 bridgehead atoms. The van der Waals surface area contributed by atoms with Gasteiger partial charge in [-0.25, -0.2) is 8.42 Å². The molecule has 2 aromatic rings. The smallest absolute Gasteiger partial charge is 0.251 e. The van der Waals surface area contributed by atoms with E-state index in [4.69, 9.17) is 5.11 Å². The average molecular weight is 366 g/mol. The van der Waals surface area contributed by atoms with Crippen molar-refractivity contribution in [2.75, 3.05) is 20.2 Å². The van der Waals surface area contributed by atoms with Crippen LogP contribution in [0, 0.1) is 0 Å². The van der Waals surface area contributed by atoms with Crippen molar-refractivity contribution in [2.24, 2.45) is 0 Å². The van der Waals surface area contributed by atoms with Crippen molar-refractivity contribution < 1.29 is 18.3 Å². The molecule has 8 nitrogen and oxygen atoms in total. The molecule has 0 saturated heterocycles. The SMILES string of the molecule is CCn1cc(CNC(=O)c2cccc(S(=O)(=O)N(C)CCO)c2)cn1. The van der Waals surface area contributed by atoms with Crippen molar-refractivity contribution >= 4 is 15.9 Å². The van der Waals surface area contributed by atoms with Gasteiger partial charge in [0.25, 0.3) is 5.91 Å². The molecule has 0 aliphatic carbocycles. The molecule has 1 amide bonds. The fraction of sp³-hybridized carbons (Fsp3) is 0.375. The number of likely N-dealkylation sites (N-methyl/N-ethyl adjacent to an activating group) is 1. The number of rotatable bonds is 8. The fourth-order valence-corrected chi connectivity index (χ4v) is 3.40. The van der Waals surface area contributed by atoms with E-state index in [1.54, 1.807) is 16.9 Å². The fourth-order valence-electron chi connectivity index (χ4n) is 2.19. The predicted octanol–water partition coefficient (Wildman–Crippen LogP) is 0.446. The molecule has 0 aliphatic rings. The number of sulfonamides is 1. The first-order valence-electron chi connectivity index (χ1n) is 7.85. The van der Waals surface area contributed by atoms with Gasteiger partial charge in [0, 0.05) is 44.0 Å². The van der Waals surface area contributed by atoms with Crippen LogP contribution in [0.4, 0.5) is 0 Å². The molecule has 2 N–H and O–H groups in total. The Hall–Kier alpha value is -2.23. The molecule has 25 heavy (non-hydrogen) atoms. The molecule has 0 aliphatic heterocycles. The largest absolute Gasteiger partial charge is 0.395 e. The Morgan fingerprint density at radius 2 is 2.16 bits per heavy atom. The van der Waals surface area contributed by atoms with Gasteiger partial charge in [0.2, 0.25) is 10.0 Å². The Morgan fingerprint density at radius 3 is 2.80 bits per heavy atom. The number of amides is 1. The van der Waals surface area contributed by atoms with Gasteiger partial charge >= 0.3 is 0 Å². The number of hydrogen-bond donors (Lipinski definition) is 2. The van der Waals surface area contributed by atoms with E-state index in [1.165, 1.54) is 25.2 Å². The van der Waals surface area contributed by atoms with Crippen molar-refractivity contribution in [1.29, 1.82) is 0 Å². The second-order valence-corrected chi connectivity index (χ2v) is 7.51. The minimum Gasteiger partial charge on any atom is -0.395 e. The molecule has 1 aromatic carbocycles. The first-order chi connectivity index (χ1) is 11.9. The second kappa shape index (κ2) is 8.24. The quantitative estimate of drug-likeness (QED) is 0.706. The van der Waals surface area contributed by atoms with Crippen LogP contribution >= 0.6 is 0 Å². The molecule has 2 rings (SSSR count). The van der Waals surface area contributed by atoms with Gasteiger partial charge in [0.1, 0.15) is 0 Å². The summed E-state index contributed by atoms with van der Waals surface area (Å²) >= 11 is 0. The van der Waals surface area contributed by atoms with Gasteiger partial charge < -0.3 is 10.4 Å². The number of nitrogens with one attached hydrogen (secondary N) is 1. The molecule has 0 fully saturated rings. The van der Waals surface area contributed by atoms with Crippen LogP contribution in [0.1, 0.15) is 22.8 Å². The zero-order chi connectivity index (χ0) is 18.4. The Kier molecular flexibility index (Phi) is 6.29. The molecule has 0 spiro atoms. The third-order valence-corrected chi connectivity index (χ3v) is 5.54.